The summed E-state index contributed by atoms with van der Waals surface area (Å²) in [5, 5.41) is 17.9. The van der Waals surface area contributed by atoms with Crippen LogP contribution in [0.4, 0.5) is 0 Å². The summed E-state index contributed by atoms with van der Waals surface area (Å²) in [6.45, 7) is 4.64. The lowest BCUT2D eigenvalue weighted by Crippen LogP contribution is -2.34. The minimum absolute atomic E-state index is 0.228. The Morgan fingerprint density at radius 2 is 2.20 bits per heavy atom. The Labute approximate surface area is 90.9 Å². The van der Waals surface area contributed by atoms with E-state index in [1.54, 1.807) is 0 Å². The minimum Gasteiger partial charge on any atom is -0.481 e. The standard InChI is InChI=1S/C11H21NO3/c1-2-11(10(14)15)5-7-12(9-11)6-3-4-8-13/h13H,2-9H2,1H3,(H,14,15). The van der Waals surface area contributed by atoms with Crippen LogP contribution < -0.4 is 0 Å². The summed E-state index contributed by atoms with van der Waals surface area (Å²) >= 11 is 0. The first kappa shape index (κ1) is 12.5. The van der Waals surface area contributed by atoms with Gasteiger partial charge in [0.15, 0.2) is 0 Å². The van der Waals surface area contributed by atoms with Crippen LogP contribution in [0.1, 0.15) is 32.6 Å². The molecular formula is C11H21NO3. The van der Waals surface area contributed by atoms with Crippen LogP contribution in [-0.2, 0) is 4.79 Å². The second-order valence-electron chi connectivity index (χ2n) is 4.40. The Hall–Kier alpha value is -0.610. The average molecular weight is 215 g/mol. The van der Waals surface area contributed by atoms with Crippen LogP contribution in [0.3, 0.4) is 0 Å². The third kappa shape index (κ3) is 2.92. The van der Waals surface area contributed by atoms with Gasteiger partial charge in [-0.3, -0.25) is 4.79 Å². The second kappa shape index (κ2) is 5.47. The maximum absolute atomic E-state index is 11.2. The first-order valence-corrected chi connectivity index (χ1v) is 5.71. The van der Waals surface area contributed by atoms with E-state index in [2.05, 4.69) is 4.90 Å². The van der Waals surface area contributed by atoms with Crippen molar-refractivity contribution >= 4 is 5.97 Å². The zero-order valence-electron chi connectivity index (χ0n) is 9.41. The number of carbonyl (C=O) groups is 1. The normalized spacial score (nSPS) is 27.1. The van der Waals surface area contributed by atoms with Crippen LogP contribution in [0.15, 0.2) is 0 Å². The van der Waals surface area contributed by atoms with E-state index in [0.717, 1.165) is 32.4 Å². The molecule has 88 valence electrons. The lowest BCUT2D eigenvalue weighted by molar-refractivity contribution is -0.148. The highest BCUT2D eigenvalue weighted by Crippen LogP contribution is 2.34. The van der Waals surface area contributed by atoms with Crippen molar-refractivity contribution in [3.05, 3.63) is 0 Å². The molecule has 4 heteroatoms. The van der Waals surface area contributed by atoms with Crippen molar-refractivity contribution in [1.82, 2.24) is 4.90 Å². The van der Waals surface area contributed by atoms with Crippen molar-refractivity contribution in [2.75, 3.05) is 26.2 Å². The van der Waals surface area contributed by atoms with E-state index >= 15 is 0 Å². The number of hydrogen-bond acceptors (Lipinski definition) is 3. The average Bonchev–Trinajstić information content (AvgIpc) is 2.63. The van der Waals surface area contributed by atoms with Crippen molar-refractivity contribution in [2.24, 2.45) is 5.41 Å². The summed E-state index contributed by atoms with van der Waals surface area (Å²) in [6, 6.07) is 0. The molecule has 4 nitrogen and oxygen atoms in total. The molecule has 1 rings (SSSR count). The lowest BCUT2D eigenvalue weighted by Gasteiger charge is -2.23. The molecule has 0 amide bonds. The van der Waals surface area contributed by atoms with Crippen molar-refractivity contribution in [3.8, 4) is 0 Å². The summed E-state index contributed by atoms with van der Waals surface area (Å²) < 4.78 is 0. The van der Waals surface area contributed by atoms with Crippen LogP contribution >= 0.6 is 0 Å². The van der Waals surface area contributed by atoms with Gasteiger partial charge in [-0.2, -0.15) is 0 Å². The largest absolute Gasteiger partial charge is 0.481 e. The van der Waals surface area contributed by atoms with E-state index in [9.17, 15) is 9.90 Å². The molecule has 0 aliphatic carbocycles. The molecular weight excluding hydrogens is 194 g/mol. The van der Waals surface area contributed by atoms with Crippen LogP contribution in [0.5, 0.6) is 0 Å². The second-order valence-corrected chi connectivity index (χ2v) is 4.40. The minimum atomic E-state index is -0.658. The highest BCUT2D eigenvalue weighted by molar-refractivity contribution is 5.75. The predicted molar refractivity (Wildman–Crippen MR) is 57.7 cm³/mol. The lowest BCUT2D eigenvalue weighted by atomic mass is 9.84. The maximum Gasteiger partial charge on any atom is 0.310 e. The zero-order valence-corrected chi connectivity index (χ0v) is 9.41. The van der Waals surface area contributed by atoms with Crippen molar-refractivity contribution < 1.29 is 15.0 Å². The number of aliphatic carboxylic acids is 1. The van der Waals surface area contributed by atoms with E-state index < -0.39 is 11.4 Å². The van der Waals surface area contributed by atoms with Crippen LogP contribution in [0, 0.1) is 5.41 Å². The molecule has 2 N–H and O–H groups in total. The Bertz CT molecular complexity index is 220. The number of likely N-dealkylation sites (tertiary alicyclic amines) is 1. The zero-order chi connectivity index (χ0) is 11.3. The van der Waals surface area contributed by atoms with E-state index in [1.807, 2.05) is 6.92 Å². The number of hydrogen-bond donors (Lipinski definition) is 2. The summed E-state index contributed by atoms with van der Waals surface area (Å²) in [6.07, 6.45) is 3.23. The van der Waals surface area contributed by atoms with Crippen molar-refractivity contribution in [2.45, 2.75) is 32.6 Å². The number of carboxylic acid groups (broad SMARTS) is 1. The number of carboxylic acids is 1. The fourth-order valence-electron chi connectivity index (χ4n) is 2.21. The van der Waals surface area contributed by atoms with Gasteiger partial charge in [0.1, 0.15) is 0 Å². The number of nitrogens with zero attached hydrogens (tertiary/aromatic N) is 1. The molecule has 0 bridgehead atoms. The van der Waals surface area contributed by atoms with Crippen molar-refractivity contribution in [3.63, 3.8) is 0 Å². The molecule has 1 atom stereocenters. The van der Waals surface area contributed by atoms with Gasteiger partial charge < -0.3 is 15.1 Å². The van der Waals surface area contributed by atoms with Crippen LogP contribution in [-0.4, -0.2) is 47.3 Å². The van der Waals surface area contributed by atoms with Gasteiger partial charge in [0.25, 0.3) is 0 Å². The fourth-order valence-corrected chi connectivity index (χ4v) is 2.21. The smallest absolute Gasteiger partial charge is 0.310 e. The first-order valence-electron chi connectivity index (χ1n) is 5.71. The molecule has 0 aromatic heterocycles. The molecule has 0 aromatic rings. The monoisotopic (exact) mass is 215 g/mol. The summed E-state index contributed by atoms with van der Waals surface area (Å²) in [7, 11) is 0. The van der Waals surface area contributed by atoms with E-state index in [0.29, 0.717) is 13.0 Å². The van der Waals surface area contributed by atoms with Crippen molar-refractivity contribution in [1.29, 1.82) is 0 Å². The molecule has 0 spiro atoms. The van der Waals surface area contributed by atoms with Gasteiger partial charge in [0.05, 0.1) is 5.41 Å². The molecule has 1 heterocycles. The van der Waals surface area contributed by atoms with Gasteiger partial charge in [0.2, 0.25) is 0 Å². The Morgan fingerprint density at radius 3 is 2.67 bits per heavy atom. The molecule has 1 unspecified atom stereocenters. The van der Waals surface area contributed by atoms with E-state index in [-0.39, 0.29) is 6.61 Å². The topological polar surface area (TPSA) is 60.8 Å². The predicted octanol–water partition coefficient (Wildman–Crippen LogP) is 0.946. The van der Waals surface area contributed by atoms with Gasteiger partial charge in [-0.25, -0.2) is 0 Å². The van der Waals surface area contributed by atoms with Gasteiger partial charge >= 0.3 is 5.97 Å². The first-order chi connectivity index (χ1) is 7.14. The molecule has 1 saturated heterocycles. The highest BCUT2D eigenvalue weighted by Gasteiger charge is 2.42. The van der Waals surface area contributed by atoms with Gasteiger partial charge in [0, 0.05) is 13.2 Å². The van der Waals surface area contributed by atoms with Gasteiger partial charge in [-0.1, -0.05) is 6.92 Å². The Kier molecular flexibility index (Phi) is 4.54. The summed E-state index contributed by atoms with van der Waals surface area (Å²) in [4.78, 5) is 13.4. The maximum atomic E-state index is 11.2. The third-order valence-electron chi connectivity index (χ3n) is 3.45. The van der Waals surface area contributed by atoms with Crippen LogP contribution in [0.2, 0.25) is 0 Å². The number of unbranched alkanes of at least 4 members (excludes halogenated alkanes) is 1. The summed E-state index contributed by atoms with van der Waals surface area (Å²) in [5.74, 6) is -0.658. The molecule has 15 heavy (non-hydrogen) atoms. The molecule has 1 fully saturated rings. The van der Waals surface area contributed by atoms with E-state index in [4.69, 9.17) is 5.11 Å². The number of aliphatic hydroxyl groups excluding tert-OH is 1. The van der Waals surface area contributed by atoms with Gasteiger partial charge in [-0.05, 0) is 38.8 Å². The van der Waals surface area contributed by atoms with E-state index in [1.165, 1.54) is 0 Å². The molecule has 1 aliphatic heterocycles. The third-order valence-corrected chi connectivity index (χ3v) is 3.45. The molecule has 0 radical (unpaired) electrons. The molecule has 0 saturated carbocycles. The fraction of sp³-hybridized carbons (Fsp3) is 0.909. The SMILES string of the molecule is CCC1(C(=O)O)CCN(CCCCO)C1. The molecule has 1 aliphatic rings. The Balaban J connectivity index is 2.39. The quantitative estimate of drug-likeness (QED) is 0.647. The van der Waals surface area contributed by atoms with Gasteiger partial charge in [-0.15, -0.1) is 0 Å². The Morgan fingerprint density at radius 1 is 1.47 bits per heavy atom. The summed E-state index contributed by atoms with van der Waals surface area (Å²) in [5.41, 5.74) is -0.515. The van der Waals surface area contributed by atoms with Crippen LogP contribution in [0.25, 0.3) is 0 Å². The number of rotatable bonds is 6. The highest BCUT2D eigenvalue weighted by atomic mass is 16.4. The molecule has 0 aromatic carbocycles. The number of aliphatic hydroxyl groups is 1.